The quantitative estimate of drug-likeness (QED) is 0.294. The lowest BCUT2D eigenvalue weighted by Crippen LogP contribution is -2.33. The van der Waals surface area contributed by atoms with Gasteiger partial charge in [-0.3, -0.25) is 9.47 Å². The van der Waals surface area contributed by atoms with Crippen molar-refractivity contribution >= 4 is 22.5 Å². The van der Waals surface area contributed by atoms with Crippen molar-refractivity contribution in [3.8, 4) is 11.4 Å². The molecule has 1 saturated heterocycles. The second-order valence-electron chi connectivity index (χ2n) is 10.4. The third-order valence-electron chi connectivity index (χ3n) is 6.60. The van der Waals surface area contributed by atoms with Crippen LogP contribution in [0.25, 0.3) is 16.7 Å². The van der Waals surface area contributed by atoms with Crippen LogP contribution in [-0.2, 0) is 5.41 Å². The van der Waals surface area contributed by atoms with Crippen LogP contribution in [0.1, 0.15) is 45.8 Å². The van der Waals surface area contributed by atoms with Crippen molar-refractivity contribution in [1.82, 2.24) is 19.6 Å². The summed E-state index contributed by atoms with van der Waals surface area (Å²) in [6.07, 6.45) is 5.83. The number of likely N-dealkylation sites (tertiary alicyclic amines) is 1. The van der Waals surface area contributed by atoms with Crippen LogP contribution in [0.15, 0.2) is 59.4 Å². The van der Waals surface area contributed by atoms with Gasteiger partial charge in [-0.25, -0.2) is 4.98 Å². The molecule has 1 aliphatic heterocycles. The van der Waals surface area contributed by atoms with E-state index in [1.54, 1.807) is 0 Å². The first-order chi connectivity index (χ1) is 17.5. The molecule has 0 aliphatic carbocycles. The van der Waals surface area contributed by atoms with Gasteiger partial charge in [0.15, 0.2) is 5.82 Å². The SMILES string of the molecule is CC(C)(C)c1cc(NCNc2ccc(-n3cnc4cc(OCCN5CCCCC5)ccc43)cc2)no1. The van der Waals surface area contributed by atoms with Crippen LogP contribution in [0.3, 0.4) is 0 Å². The first kappa shape index (κ1) is 24.2. The number of imidazole rings is 1. The van der Waals surface area contributed by atoms with E-state index in [1.165, 1.54) is 32.4 Å². The van der Waals surface area contributed by atoms with Crippen molar-refractivity contribution in [2.24, 2.45) is 0 Å². The van der Waals surface area contributed by atoms with Crippen molar-refractivity contribution in [3.63, 3.8) is 0 Å². The lowest BCUT2D eigenvalue weighted by Gasteiger charge is -2.26. The van der Waals surface area contributed by atoms with E-state index in [4.69, 9.17) is 9.26 Å². The molecular weight excluding hydrogens is 452 g/mol. The number of hydrogen-bond acceptors (Lipinski definition) is 7. The Labute approximate surface area is 212 Å². The summed E-state index contributed by atoms with van der Waals surface area (Å²) in [4.78, 5) is 7.10. The van der Waals surface area contributed by atoms with Crippen LogP contribution >= 0.6 is 0 Å². The van der Waals surface area contributed by atoms with Gasteiger partial charge in [-0.1, -0.05) is 32.3 Å². The normalized spacial score (nSPS) is 14.8. The summed E-state index contributed by atoms with van der Waals surface area (Å²) in [5.74, 6) is 2.46. The molecule has 1 fully saturated rings. The van der Waals surface area contributed by atoms with Gasteiger partial charge >= 0.3 is 0 Å². The van der Waals surface area contributed by atoms with Gasteiger partial charge in [-0.05, 0) is 62.3 Å². The zero-order chi connectivity index (χ0) is 25.0. The molecule has 5 rings (SSSR count). The molecule has 0 spiro atoms. The highest BCUT2D eigenvalue weighted by molar-refractivity contribution is 5.79. The van der Waals surface area contributed by atoms with Crippen molar-refractivity contribution in [1.29, 1.82) is 0 Å². The zero-order valence-electron chi connectivity index (χ0n) is 21.5. The minimum absolute atomic E-state index is 0.0604. The molecule has 0 bridgehead atoms. The number of rotatable bonds is 9. The first-order valence-electron chi connectivity index (χ1n) is 12.8. The third-order valence-corrected chi connectivity index (χ3v) is 6.60. The average molecular weight is 489 g/mol. The largest absolute Gasteiger partial charge is 0.492 e. The maximum absolute atomic E-state index is 6.02. The van der Waals surface area contributed by atoms with Gasteiger partial charge in [-0.15, -0.1) is 0 Å². The molecule has 190 valence electrons. The molecule has 0 amide bonds. The van der Waals surface area contributed by atoms with Crippen LogP contribution < -0.4 is 15.4 Å². The van der Waals surface area contributed by atoms with Gasteiger partial charge in [0.25, 0.3) is 0 Å². The minimum atomic E-state index is -0.0604. The zero-order valence-corrected chi connectivity index (χ0v) is 21.5. The summed E-state index contributed by atoms with van der Waals surface area (Å²) >= 11 is 0. The number of piperidine rings is 1. The molecule has 0 atom stereocenters. The molecule has 0 unspecified atom stereocenters. The van der Waals surface area contributed by atoms with E-state index in [9.17, 15) is 0 Å². The van der Waals surface area contributed by atoms with E-state index in [0.29, 0.717) is 13.3 Å². The molecule has 8 nitrogen and oxygen atoms in total. The van der Waals surface area contributed by atoms with E-state index >= 15 is 0 Å². The van der Waals surface area contributed by atoms with Crippen LogP contribution in [-0.4, -0.2) is 52.5 Å². The molecule has 4 aromatic rings. The first-order valence-corrected chi connectivity index (χ1v) is 12.8. The smallest absolute Gasteiger partial charge is 0.171 e. The second kappa shape index (κ2) is 10.6. The number of benzene rings is 2. The number of aromatic nitrogens is 3. The van der Waals surface area contributed by atoms with Gasteiger partial charge in [-0.2, -0.15) is 0 Å². The van der Waals surface area contributed by atoms with Crippen molar-refractivity contribution in [2.75, 3.05) is 43.5 Å². The molecule has 0 radical (unpaired) electrons. The van der Waals surface area contributed by atoms with E-state index in [-0.39, 0.29) is 5.41 Å². The second-order valence-corrected chi connectivity index (χ2v) is 10.4. The summed E-state index contributed by atoms with van der Waals surface area (Å²) in [5, 5.41) is 10.7. The fraction of sp³-hybridized carbons (Fsp3) is 0.429. The molecule has 36 heavy (non-hydrogen) atoms. The van der Waals surface area contributed by atoms with E-state index in [2.05, 4.69) is 81.3 Å². The fourth-order valence-corrected chi connectivity index (χ4v) is 4.45. The summed E-state index contributed by atoms with van der Waals surface area (Å²) < 4.78 is 13.5. The van der Waals surface area contributed by atoms with E-state index in [0.717, 1.165) is 46.3 Å². The number of ether oxygens (including phenoxy) is 1. The number of nitrogens with one attached hydrogen (secondary N) is 2. The summed E-state index contributed by atoms with van der Waals surface area (Å²) in [6, 6.07) is 16.4. The summed E-state index contributed by atoms with van der Waals surface area (Å²) in [6.45, 7) is 10.9. The Morgan fingerprint density at radius 3 is 2.53 bits per heavy atom. The molecular formula is C28H36N6O2. The highest BCUT2D eigenvalue weighted by Gasteiger charge is 2.19. The maximum atomic E-state index is 6.02. The molecule has 0 saturated carbocycles. The van der Waals surface area contributed by atoms with Gasteiger partial charge in [0, 0.05) is 35.5 Å². The topological polar surface area (TPSA) is 80.4 Å². The predicted octanol–water partition coefficient (Wildman–Crippen LogP) is 5.66. The molecule has 2 N–H and O–H groups in total. The fourth-order valence-electron chi connectivity index (χ4n) is 4.45. The standard InChI is InChI=1S/C28H36N6O2/c1-28(2,3)26-18-27(32-36-26)30-19-29-21-7-9-22(10-8-21)34-20-31-24-17-23(11-12-25(24)34)35-16-15-33-13-5-4-6-14-33/h7-12,17-18,20,29H,4-6,13-16,19H2,1-3H3,(H,30,32). The van der Waals surface area contributed by atoms with E-state index < -0.39 is 0 Å². The highest BCUT2D eigenvalue weighted by Crippen LogP contribution is 2.25. The summed E-state index contributed by atoms with van der Waals surface area (Å²) in [7, 11) is 0. The van der Waals surface area contributed by atoms with Crippen LogP contribution in [0, 0.1) is 0 Å². The van der Waals surface area contributed by atoms with Crippen molar-refractivity contribution < 1.29 is 9.26 Å². The van der Waals surface area contributed by atoms with Gasteiger partial charge < -0.3 is 19.9 Å². The van der Waals surface area contributed by atoms with Crippen molar-refractivity contribution in [2.45, 2.75) is 45.4 Å². The Bertz CT molecular complexity index is 1270. The third kappa shape index (κ3) is 5.82. The molecule has 3 heterocycles. The number of fused-ring (bicyclic) bond motifs is 1. The van der Waals surface area contributed by atoms with E-state index in [1.807, 2.05) is 24.5 Å². The van der Waals surface area contributed by atoms with Crippen LogP contribution in [0.5, 0.6) is 5.75 Å². The Morgan fingerprint density at radius 2 is 1.78 bits per heavy atom. The lowest BCUT2D eigenvalue weighted by atomic mass is 9.93. The molecule has 2 aromatic carbocycles. The monoisotopic (exact) mass is 488 g/mol. The predicted molar refractivity (Wildman–Crippen MR) is 144 cm³/mol. The van der Waals surface area contributed by atoms with Gasteiger partial charge in [0.2, 0.25) is 0 Å². The summed E-state index contributed by atoms with van der Waals surface area (Å²) in [5.41, 5.74) is 4.00. The number of nitrogens with zero attached hydrogens (tertiary/aromatic N) is 4. The van der Waals surface area contributed by atoms with Crippen LogP contribution in [0.4, 0.5) is 11.5 Å². The average Bonchev–Trinajstić information content (AvgIpc) is 3.53. The number of anilines is 2. The highest BCUT2D eigenvalue weighted by atomic mass is 16.5. The maximum Gasteiger partial charge on any atom is 0.171 e. The molecule has 2 aromatic heterocycles. The van der Waals surface area contributed by atoms with Gasteiger partial charge in [0.1, 0.15) is 24.4 Å². The van der Waals surface area contributed by atoms with Crippen molar-refractivity contribution in [3.05, 3.63) is 60.6 Å². The number of hydrogen-bond donors (Lipinski definition) is 2. The minimum Gasteiger partial charge on any atom is -0.492 e. The Balaban J connectivity index is 1.15. The molecule has 8 heteroatoms. The van der Waals surface area contributed by atoms with Crippen LogP contribution in [0.2, 0.25) is 0 Å². The Morgan fingerprint density at radius 1 is 0.972 bits per heavy atom. The lowest BCUT2D eigenvalue weighted by molar-refractivity contribution is 0.183. The van der Waals surface area contributed by atoms with Gasteiger partial charge in [0.05, 0.1) is 17.7 Å². The molecule has 1 aliphatic rings. The Hall–Kier alpha value is -3.52. The Kier molecular flexibility index (Phi) is 7.13.